The lowest BCUT2D eigenvalue weighted by Gasteiger charge is -2.04. The fourth-order valence-corrected chi connectivity index (χ4v) is 2.57. The van der Waals surface area contributed by atoms with E-state index in [2.05, 4.69) is 10.3 Å². The van der Waals surface area contributed by atoms with Crippen LogP contribution in [0.4, 0.5) is 11.4 Å². The number of carbonyl (C=O) groups is 1. The molecule has 0 spiro atoms. The number of nitro benzene ring substituents is 1. The van der Waals surface area contributed by atoms with Gasteiger partial charge in [0.25, 0.3) is 11.6 Å². The van der Waals surface area contributed by atoms with Gasteiger partial charge >= 0.3 is 0 Å². The SMILES string of the molecule is Cc1cc(NC(=O)c2coc(-c3ccc(Cl)c(Cl)c3)n2)ccc1[N+](=O)[O-]. The van der Waals surface area contributed by atoms with Crippen LogP contribution in [0.15, 0.2) is 47.1 Å². The van der Waals surface area contributed by atoms with E-state index in [1.807, 2.05) is 0 Å². The lowest BCUT2D eigenvalue weighted by Crippen LogP contribution is -2.12. The summed E-state index contributed by atoms with van der Waals surface area (Å²) in [6.45, 7) is 1.59. The van der Waals surface area contributed by atoms with Crippen LogP contribution in [0.3, 0.4) is 0 Å². The maximum absolute atomic E-state index is 12.3. The van der Waals surface area contributed by atoms with Crippen LogP contribution in [0.5, 0.6) is 0 Å². The second kappa shape index (κ2) is 7.15. The summed E-state index contributed by atoms with van der Waals surface area (Å²) in [5.74, 6) is -0.290. The maximum atomic E-state index is 12.3. The predicted molar refractivity (Wildman–Crippen MR) is 97.7 cm³/mol. The fourth-order valence-electron chi connectivity index (χ4n) is 2.27. The van der Waals surface area contributed by atoms with Crippen molar-refractivity contribution in [2.45, 2.75) is 6.92 Å². The minimum atomic E-state index is -0.506. The molecule has 9 heteroatoms. The molecule has 1 N–H and O–H groups in total. The van der Waals surface area contributed by atoms with Gasteiger partial charge in [0.15, 0.2) is 5.69 Å². The largest absolute Gasteiger partial charge is 0.444 e. The minimum absolute atomic E-state index is 0.0219. The molecule has 0 aliphatic rings. The van der Waals surface area contributed by atoms with Gasteiger partial charge in [-0.05, 0) is 37.3 Å². The number of nitrogens with one attached hydrogen (secondary N) is 1. The molecule has 0 fully saturated rings. The van der Waals surface area contributed by atoms with Crippen molar-refractivity contribution in [3.8, 4) is 11.5 Å². The molecular weight excluding hydrogens is 381 g/mol. The number of amides is 1. The van der Waals surface area contributed by atoms with Gasteiger partial charge in [0.2, 0.25) is 5.89 Å². The van der Waals surface area contributed by atoms with Gasteiger partial charge in [-0.1, -0.05) is 23.2 Å². The van der Waals surface area contributed by atoms with E-state index >= 15 is 0 Å². The van der Waals surface area contributed by atoms with Gasteiger partial charge in [-0.2, -0.15) is 0 Å². The van der Waals surface area contributed by atoms with Crippen LogP contribution in [0.1, 0.15) is 16.1 Å². The Labute approximate surface area is 157 Å². The molecule has 0 aliphatic carbocycles. The summed E-state index contributed by atoms with van der Waals surface area (Å²) in [5, 5.41) is 14.2. The minimum Gasteiger partial charge on any atom is -0.444 e. The summed E-state index contributed by atoms with van der Waals surface area (Å²) >= 11 is 11.8. The molecule has 0 radical (unpaired) electrons. The average Bonchev–Trinajstić information content (AvgIpc) is 3.07. The van der Waals surface area contributed by atoms with Crippen molar-refractivity contribution in [1.29, 1.82) is 0 Å². The highest BCUT2D eigenvalue weighted by Gasteiger charge is 2.16. The summed E-state index contributed by atoms with van der Waals surface area (Å²) in [5.41, 5.74) is 1.46. The number of nitro groups is 1. The van der Waals surface area contributed by atoms with Crippen LogP contribution in [-0.4, -0.2) is 15.8 Å². The monoisotopic (exact) mass is 391 g/mol. The number of carbonyl (C=O) groups excluding carboxylic acids is 1. The lowest BCUT2D eigenvalue weighted by atomic mass is 10.2. The molecule has 0 saturated heterocycles. The molecule has 132 valence electrons. The van der Waals surface area contributed by atoms with Crippen LogP contribution in [-0.2, 0) is 0 Å². The van der Waals surface area contributed by atoms with E-state index in [4.69, 9.17) is 27.6 Å². The Balaban J connectivity index is 1.79. The Kier molecular flexibility index (Phi) is 4.92. The van der Waals surface area contributed by atoms with Crippen molar-refractivity contribution >= 4 is 40.5 Å². The molecule has 0 saturated carbocycles. The highest BCUT2D eigenvalue weighted by Crippen LogP contribution is 2.28. The highest BCUT2D eigenvalue weighted by molar-refractivity contribution is 6.42. The van der Waals surface area contributed by atoms with Crippen LogP contribution in [0.2, 0.25) is 10.0 Å². The third kappa shape index (κ3) is 3.68. The van der Waals surface area contributed by atoms with E-state index in [0.29, 0.717) is 26.9 Å². The Morgan fingerprint density at radius 3 is 2.62 bits per heavy atom. The number of hydrogen-bond donors (Lipinski definition) is 1. The van der Waals surface area contributed by atoms with Crippen molar-refractivity contribution in [2.75, 3.05) is 5.32 Å². The Morgan fingerprint density at radius 1 is 1.19 bits per heavy atom. The molecule has 26 heavy (non-hydrogen) atoms. The highest BCUT2D eigenvalue weighted by atomic mass is 35.5. The van der Waals surface area contributed by atoms with Crippen molar-refractivity contribution in [1.82, 2.24) is 4.98 Å². The molecule has 3 aromatic rings. The van der Waals surface area contributed by atoms with Crippen LogP contribution in [0, 0.1) is 17.0 Å². The molecule has 0 unspecified atom stereocenters. The Bertz CT molecular complexity index is 1020. The summed E-state index contributed by atoms with van der Waals surface area (Å²) in [4.78, 5) is 26.8. The van der Waals surface area contributed by atoms with Crippen molar-refractivity contribution in [3.63, 3.8) is 0 Å². The average molecular weight is 392 g/mol. The molecule has 3 rings (SSSR count). The first kappa shape index (κ1) is 17.9. The standard InChI is InChI=1S/C17H11Cl2N3O4/c1-9-6-11(3-5-15(9)22(24)25)20-16(23)14-8-26-17(21-14)10-2-4-12(18)13(19)7-10/h2-8H,1H3,(H,20,23). The van der Waals surface area contributed by atoms with Crippen LogP contribution in [0.25, 0.3) is 11.5 Å². The third-order valence-corrected chi connectivity index (χ3v) is 4.29. The molecule has 7 nitrogen and oxygen atoms in total. The van der Waals surface area contributed by atoms with E-state index < -0.39 is 10.8 Å². The summed E-state index contributed by atoms with van der Waals surface area (Å²) < 4.78 is 5.32. The number of halogens is 2. The number of oxazole rings is 1. The van der Waals surface area contributed by atoms with Gasteiger partial charge in [0.05, 0.1) is 15.0 Å². The number of aryl methyl sites for hydroxylation is 1. The van der Waals surface area contributed by atoms with Crippen LogP contribution < -0.4 is 5.32 Å². The van der Waals surface area contributed by atoms with Gasteiger partial charge in [0.1, 0.15) is 6.26 Å². The quantitative estimate of drug-likeness (QED) is 0.491. The molecule has 0 aliphatic heterocycles. The Hall–Kier alpha value is -2.90. The summed E-state index contributed by atoms with van der Waals surface area (Å²) in [7, 11) is 0. The molecule has 1 aromatic heterocycles. The summed E-state index contributed by atoms with van der Waals surface area (Å²) in [6, 6.07) is 9.13. The second-order valence-corrected chi connectivity index (χ2v) is 6.19. The zero-order chi connectivity index (χ0) is 18.8. The molecule has 0 atom stereocenters. The first-order valence-corrected chi connectivity index (χ1v) is 8.08. The first-order valence-electron chi connectivity index (χ1n) is 7.32. The second-order valence-electron chi connectivity index (χ2n) is 5.38. The van der Waals surface area contributed by atoms with Crippen molar-refractivity contribution < 1.29 is 14.1 Å². The Morgan fingerprint density at radius 2 is 1.96 bits per heavy atom. The van der Waals surface area contributed by atoms with E-state index in [0.717, 1.165) is 0 Å². The molecule has 1 amide bonds. The molecular formula is C17H11Cl2N3O4. The van der Waals surface area contributed by atoms with Crippen molar-refractivity contribution in [3.05, 3.63) is 74.1 Å². The lowest BCUT2D eigenvalue weighted by molar-refractivity contribution is -0.385. The number of aromatic nitrogens is 1. The first-order chi connectivity index (χ1) is 12.3. The predicted octanol–water partition coefficient (Wildman–Crippen LogP) is 5.12. The van der Waals surface area contributed by atoms with Gasteiger partial charge in [0, 0.05) is 22.9 Å². The molecule has 2 aromatic carbocycles. The zero-order valence-corrected chi connectivity index (χ0v) is 14.8. The van der Waals surface area contributed by atoms with Gasteiger partial charge in [-0.15, -0.1) is 0 Å². The van der Waals surface area contributed by atoms with Crippen LogP contribution >= 0.6 is 23.2 Å². The van der Waals surface area contributed by atoms with E-state index in [9.17, 15) is 14.9 Å². The van der Waals surface area contributed by atoms with E-state index in [1.54, 1.807) is 25.1 Å². The van der Waals surface area contributed by atoms with Crippen molar-refractivity contribution in [2.24, 2.45) is 0 Å². The number of nitrogens with zero attached hydrogens (tertiary/aromatic N) is 2. The van der Waals surface area contributed by atoms with E-state index in [1.165, 1.54) is 24.5 Å². The fraction of sp³-hybridized carbons (Fsp3) is 0.0588. The van der Waals surface area contributed by atoms with E-state index in [-0.39, 0.29) is 17.3 Å². The number of hydrogen-bond acceptors (Lipinski definition) is 5. The third-order valence-electron chi connectivity index (χ3n) is 3.55. The van der Waals surface area contributed by atoms with Gasteiger partial charge in [-0.3, -0.25) is 14.9 Å². The topological polar surface area (TPSA) is 98.3 Å². The number of rotatable bonds is 4. The number of anilines is 1. The molecule has 0 bridgehead atoms. The normalized spacial score (nSPS) is 10.6. The van der Waals surface area contributed by atoms with Gasteiger partial charge in [-0.25, -0.2) is 4.98 Å². The smallest absolute Gasteiger partial charge is 0.277 e. The maximum Gasteiger partial charge on any atom is 0.277 e. The summed E-state index contributed by atoms with van der Waals surface area (Å²) in [6.07, 6.45) is 1.21. The zero-order valence-electron chi connectivity index (χ0n) is 13.3. The van der Waals surface area contributed by atoms with Gasteiger partial charge < -0.3 is 9.73 Å². The number of benzene rings is 2. The molecule has 1 heterocycles.